The summed E-state index contributed by atoms with van der Waals surface area (Å²) in [5.41, 5.74) is 1.79. The number of hydrogen-bond acceptors (Lipinski definition) is 6. The highest BCUT2D eigenvalue weighted by molar-refractivity contribution is 6.03. The summed E-state index contributed by atoms with van der Waals surface area (Å²) in [6.45, 7) is 1.16. The summed E-state index contributed by atoms with van der Waals surface area (Å²) in [4.78, 5) is 14.7. The molecule has 7 nitrogen and oxygen atoms in total. The van der Waals surface area contributed by atoms with E-state index in [1.165, 1.54) is 25.3 Å². The van der Waals surface area contributed by atoms with E-state index in [0.717, 1.165) is 35.1 Å². The number of benzene rings is 2. The molecule has 3 rings (SSSR count). The fourth-order valence-corrected chi connectivity index (χ4v) is 3.64. The predicted molar refractivity (Wildman–Crippen MR) is 116 cm³/mol. The Morgan fingerprint density at radius 3 is 2.63 bits per heavy atom. The van der Waals surface area contributed by atoms with E-state index in [1.807, 2.05) is 36.4 Å². The quantitative estimate of drug-likeness (QED) is 0.407. The van der Waals surface area contributed by atoms with Crippen molar-refractivity contribution < 1.29 is 20.1 Å². The van der Waals surface area contributed by atoms with Gasteiger partial charge in [0.25, 0.3) is 5.91 Å². The van der Waals surface area contributed by atoms with Gasteiger partial charge in [0.1, 0.15) is 17.7 Å². The highest BCUT2D eigenvalue weighted by Gasteiger charge is 2.18. The van der Waals surface area contributed by atoms with Gasteiger partial charge in [0.05, 0.1) is 12.7 Å². The standard InChI is InChI=1S/C23H27N3O4/c24-13-18(23(30)25-14-21(28)22(29)15-27)11-16-7-8-17-5-4-6-20(19(17)12-16)26-9-2-1-3-10-26/h4-8,11-12,21-22,27-29H,1-3,9-10,14-15H2,(H,25,30)/b18-11+. The van der Waals surface area contributed by atoms with Crippen LogP contribution in [0.1, 0.15) is 24.8 Å². The van der Waals surface area contributed by atoms with Crippen LogP contribution < -0.4 is 10.2 Å². The molecule has 0 aliphatic carbocycles. The second-order valence-electron chi connectivity index (χ2n) is 7.50. The molecule has 2 unspecified atom stereocenters. The highest BCUT2D eigenvalue weighted by Crippen LogP contribution is 2.30. The molecule has 1 heterocycles. The molecule has 0 radical (unpaired) electrons. The van der Waals surface area contributed by atoms with Crippen LogP contribution in [0.3, 0.4) is 0 Å². The Labute approximate surface area is 175 Å². The van der Waals surface area contributed by atoms with E-state index >= 15 is 0 Å². The number of carbonyl (C=O) groups excluding carboxylic acids is 1. The molecule has 7 heteroatoms. The first-order valence-electron chi connectivity index (χ1n) is 10.2. The Morgan fingerprint density at radius 1 is 1.17 bits per heavy atom. The van der Waals surface area contributed by atoms with Crippen LogP contribution in [0, 0.1) is 11.3 Å². The maximum Gasteiger partial charge on any atom is 0.262 e. The molecule has 1 saturated heterocycles. The number of anilines is 1. The summed E-state index contributed by atoms with van der Waals surface area (Å²) in [7, 11) is 0. The number of rotatable bonds is 7. The highest BCUT2D eigenvalue weighted by atomic mass is 16.4. The molecule has 0 bridgehead atoms. The summed E-state index contributed by atoms with van der Waals surface area (Å²) >= 11 is 0. The Kier molecular flexibility index (Phi) is 7.41. The van der Waals surface area contributed by atoms with Gasteiger partial charge >= 0.3 is 0 Å². The van der Waals surface area contributed by atoms with Crippen LogP contribution in [-0.4, -0.2) is 59.7 Å². The summed E-state index contributed by atoms with van der Waals surface area (Å²) in [5.74, 6) is -0.647. The van der Waals surface area contributed by atoms with Crippen LogP contribution in [-0.2, 0) is 4.79 Å². The average Bonchev–Trinajstić information content (AvgIpc) is 2.80. The maximum absolute atomic E-state index is 12.3. The zero-order valence-electron chi connectivity index (χ0n) is 16.8. The first kappa shape index (κ1) is 21.8. The number of piperidine rings is 1. The van der Waals surface area contributed by atoms with Gasteiger partial charge in [0.2, 0.25) is 0 Å². The SMILES string of the molecule is N#C/C(=C\c1ccc2cccc(N3CCCCC3)c2c1)C(=O)NCC(O)C(O)CO. The van der Waals surface area contributed by atoms with Crippen molar-refractivity contribution in [2.24, 2.45) is 0 Å². The molecule has 2 aromatic carbocycles. The van der Waals surface area contributed by atoms with Gasteiger partial charge in [-0.05, 0) is 48.4 Å². The zero-order valence-corrected chi connectivity index (χ0v) is 16.8. The monoisotopic (exact) mass is 409 g/mol. The molecule has 30 heavy (non-hydrogen) atoms. The lowest BCUT2D eigenvalue weighted by Gasteiger charge is -2.30. The van der Waals surface area contributed by atoms with Crippen LogP contribution in [0.4, 0.5) is 5.69 Å². The molecule has 0 aromatic heterocycles. The molecule has 2 atom stereocenters. The van der Waals surface area contributed by atoms with E-state index in [1.54, 1.807) is 0 Å². The van der Waals surface area contributed by atoms with E-state index in [0.29, 0.717) is 0 Å². The van der Waals surface area contributed by atoms with E-state index in [-0.39, 0.29) is 12.1 Å². The molecule has 0 spiro atoms. The summed E-state index contributed by atoms with van der Waals surface area (Å²) < 4.78 is 0. The molecule has 1 aliphatic heterocycles. The normalized spacial score (nSPS) is 16.7. The van der Waals surface area contributed by atoms with E-state index in [4.69, 9.17) is 5.11 Å². The van der Waals surface area contributed by atoms with Gasteiger partial charge < -0.3 is 25.5 Å². The lowest BCUT2D eigenvalue weighted by atomic mass is 10.0. The number of nitriles is 1. The molecule has 1 amide bonds. The summed E-state index contributed by atoms with van der Waals surface area (Å²) in [6, 6.07) is 13.9. The molecule has 158 valence electrons. The number of amides is 1. The largest absolute Gasteiger partial charge is 0.394 e. The number of aliphatic hydroxyl groups is 3. The van der Waals surface area contributed by atoms with E-state index in [2.05, 4.69) is 16.3 Å². The van der Waals surface area contributed by atoms with Gasteiger partial charge in [-0.3, -0.25) is 4.79 Å². The molecule has 1 fully saturated rings. The predicted octanol–water partition coefficient (Wildman–Crippen LogP) is 1.57. The Balaban J connectivity index is 1.83. The Bertz CT molecular complexity index is 961. The third-order valence-corrected chi connectivity index (χ3v) is 5.36. The van der Waals surface area contributed by atoms with Crippen LogP contribution in [0.5, 0.6) is 0 Å². The Hall–Kier alpha value is -2.92. The van der Waals surface area contributed by atoms with Crippen molar-refractivity contribution in [3.05, 3.63) is 47.5 Å². The number of nitrogens with one attached hydrogen (secondary N) is 1. The number of aliphatic hydroxyl groups excluding tert-OH is 3. The van der Waals surface area contributed by atoms with E-state index in [9.17, 15) is 20.3 Å². The minimum atomic E-state index is -1.35. The van der Waals surface area contributed by atoms with Crippen LogP contribution in [0.15, 0.2) is 42.0 Å². The summed E-state index contributed by atoms with van der Waals surface area (Å²) in [5, 5.41) is 41.8. The van der Waals surface area contributed by atoms with Crippen molar-refractivity contribution in [1.82, 2.24) is 5.32 Å². The Morgan fingerprint density at radius 2 is 1.93 bits per heavy atom. The average molecular weight is 409 g/mol. The molecule has 0 saturated carbocycles. The fraction of sp³-hybridized carbons (Fsp3) is 0.391. The van der Waals surface area contributed by atoms with Gasteiger partial charge in [-0.25, -0.2) is 0 Å². The summed E-state index contributed by atoms with van der Waals surface area (Å²) in [6.07, 6.45) is 2.44. The first-order valence-corrected chi connectivity index (χ1v) is 10.2. The minimum absolute atomic E-state index is 0.101. The minimum Gasteiger partial charge on any atom is -0.394 e. The molecular formula is C23H27N3O4. The lowest BCUT2D eigenvalue weighted by Crippen LogP contribution is -2.40. The second kappa shape index (κ2) is 10.2. The van der Waals surface area contributed by atoms with Gasteiger partial charge in [-0.2, -0.15) is 5.26 Å². The van der Waals surface area contributed by atoms with Crippen molar-refractivity contribution >= 4 is 28.4 Å². The van der Waals surface area contributed by atoms with Crippen LogP contribution >= 0.6 is 0 Å². The van der Waals surface area contributed by atoms with Crippen molar-refractivity contribution in [2.45, 2.75) is 31.5 Å². The zero-order chi connectivity index (χ0) is 21.5. The first-order chi connectivity index (χ1) is 14.5. The van der Waals surface area contributed by atoms with Gasteiger partial charge in [-0.15, -0.1) is 0 Å². The number of nitrogens with zero attached hydrogens (tertiary/aromatic N) is 2. The molecule has 2 aromatic rings. The van der Waals surface area contributed by atoms with Gasteiger partial charge in [0, 0.05) is 30.7 Å². The maximum atomic E-state index is 12.3. The van der Waals surface area contributed by atoms with Crippen molar-refractivity contribution in [2.75, 3.05) is 31.1 Å². The van der Waals surface area contributed by atoms with Gasteiger partial charge in [0.15, 0.2) is 0 Å². The topological polar surface area (TPSA) is 117 Å². The van der Waals surface area contributed by atoms with Crippen LogP contribution in [0.2, 0.25) is 0 Å². The third kappa shape index (κ3) is 5.16. The van der Waals surface area contributed by atoms with E-state index < -0.39 is 24.7 Å². The molecule has 4 N–H and O–H groups in total. The van der Waals surface area contributed by atoms with Gasteiger partial charge in [-0.1, -0.05) is 24.3 Å². The number of hydrogen-bond donors (Lipinski definition) is 4. The van der Waals surface area contributed by atoms with Crippen molar-refractivity contribution in [3.63, 3.8) is 0 Å². The number of carbonyl (C=O) groups is 1. The third-order valence-electron chi connectivity index (χ3n) is 5.36. The number of fused-ring (bicyclic) bond motifs is 1. The lowest BCUT2D eigenvalue weighted by molar-refractivity contribution is -0.118. The molecule has 1 aliphatic rings. The molecular weight excluding hydrogens is 382 g/mol. The fourth-order valence-electron chi connectivity index (χ4n) is 3.64. The van der Waals surface area contributed by atoms with Crippen LogP contribution in [0.25, 0.3) is 16.8 Å². The second-order valence-corrected chi connectivity index (χ2v) is 7.50. The smallest absolute Gasteiger partial charge is 0.262 e. The van der Waals surface area contributed by atoms with Crippen molar-refractivity contribution in [1.29, 1.82) is 5.26 Å². The van der Waals surface area contributed by atoms with Crippen molar-refractivity contribution in [3.8, 4) is 6.07 Å².